The van der Waals surface area contributed by atoms with Gasteiger partial charge in [0.05, 0.1) is 5.92 Å². The minimum atomic E-state index is -4.43. The molecule has 0 aliphatic carbocycles. The Labute approximate surface area is 114 Å². The number of piperidine rings is 1. The van der Waals surface area contributed by atoms with Gasteiger partial charge in [-0.15, -0.1) is 0 Å². The highest BCUT2D eigenvalue weighted by Gasteiger charge is 2.42. The maximum Gasteiger partial charge on any atom is 0.406 e. The van der Waals surface area contributed by atoms with Crippen molar-refractivity contribution in [2.45, 2.75) is 31.5 Å². The normalized spacial score (nSPS) is 28.1. The van der Waals surface area contributed by atoms with E-state index < -0.39 is 24.5 Å². The topological polar surface area (TPSA) is 66.6 Å². The smallest absolute Gasteiger partial charge is 0.341 e. The van der Waals surface area contributed by atoms with Crippen LogP contribution in [0.4, 0.5) is 13.2 Å². The van der Waals surface area contributed by atoms with Crippen molar-refractivity contribution in [2.75, 3.05) is 26.2 Å². The molecule has 0 aromatic heterocycles. The van der Waals surface area contributed by atoms with Gasteiger partial charge in [0.1, 0.15) is 6.54 Å². The lowest BCUT2D eigenvalue weighted by molar-refractivity contribution is -0.157. The highest BCUT2D eigenvalue weighted by Crippen LogP contribution is 2.25. The second-order valence-electron chi connectivity index (χ2n) is 5.48. The van der Waals surface area contributed by atoms with Crippen LogP contribution in [-0.2, 0) is 9.59 Å². The Kier molecular flexibility index (Phi) is 4.22. The second kappa shape index (κ2) is 5.59. The average Bonchev–Trinajstić information content (AvgIpc) is 2.68. The molecule has 2 heterocycles. The summed E-state index contributed by atoms with van der Waals surface area (Å²) in [6, 6.07) is -0.0870. The Balaban J connectivity index is 1.94. The Morgan fingerprint density at radius 1 is 1.35 bits per heavy atom. The lowest BCUT2D eigenvalue weighted by Gasteiger charge is -2.32. The molecule has 0 aromatic carbocycles. The molecule has 2 N–H and O–H groups in total. The third kappa shape index (κ3) is 3.62. The molecule has 2 aliphatic rings. The molecule has 0 unspecified atom stereocenters. The number of rotatable bonds is 2. The fourth-order valence-corrected chi connectivity index (χ4v) is 2.78. The number of nitrogens with zero attached hydrogens (tertiary/aromatic N) is 2. The summed E-state index contributed by atoms with van der Waals surface area (Å²) in [4.78, 5) is 26.0. The highest BCUT2D eigenvalue weighted by molar-refractivity contribution is 5.89. The predicted octanol–water partition coefficient (Wildman–Crippen LogP) is 0.347. The molecule has 2 atom stereocenters. The van der Waals surface area contributed by atoms with Gasteiger partial charge >= 0.3 is 6.18 Å². The van der Waals surface area contributed by atoms with Gasteiger partial charge in [0.25, 0.3) is 0 Å². The second-order valence-corrected chi connectivity index (χ2v) is 5.48. The van der Waals surface area contributed by atoms with Crippen molar-refractivity contribution in [1.82, 2.24) is 9.80 Å². The predicted molar refractivity (Wildman–Crippen MR) is 64.5 cm³/mol. The van der Waals surface area contributed by atoms with Crippen molar-refractivity contribution in [3.8, 4) is 0 Å². The van der Waals surface area contributed by atoms with Crippen LogP contribution in [-0.4, -0.2) is 60.0 Å². The van der Waals surface area contributed by atoms with Crippen LogP contribution < -0.4 is 5.73 Å². The lowest BCUT2D eigenvalue weighted by atomic mass is 10.0. The first-order valence-corrected chi connectivity index (χ1v) is 6.65. The molecule has 0 bridgehead atoms. The fraction of sp³-hybridized carbons (Fsp3) is 0.833. The van der Waals surface area contributed by atoms with Gasteiger partial charge in [0.2, 0.25) is 11.8 Å². The maximum absolute atomic E-state index is 12.3. The van der Waals surface area contributed by atoms with Crippen molar-refractivity contribution in [3.05, 3.63) is 0 Å². The van der Waals surface area contributed by atoms with Crippen LogP contribution in [0.3, 0.4) is 0 Å². The molecule has 2 amide bonds. The number of hydrogen-bond donors (Lipinski definition) is 1. The Bertz CT molecular complexity index is 400. The van der Waals surface area contributed by atoms with Crippen LogP contribution >= 0.6 is 0 Å². The number of nitrogens with two attached hydrogens (primary N) is 1. The van der Waals surface area contributed by atoms with Crippen LogP contribution in [0.1, 0.15) is 19.3 Å². The zero-order valence-electron chi connectivity index (χ0n) is 11.0. The van der Waals surface area contributed by atoms with Gasteiger partial charge in [0, 0.05) is 32.1 Å². The van der Waals surface area contributed by atoms with Crippen LogP contribution in [0.2, 0.25) is 0 Å². The zero-order valence-corrected chi connectivity index (χ0v) is 11.0. The van der Waals surface area contributed by atoms with E-state index in [1.807, 2.05) is 0 Å². The molecule has 0 saturated carbocycles. The third-order valence-electron chi connectivity index (χ3n) is 3.70. The summed E-state index contributed by atoms with van der Waals surface area (Å²) in [5.41, 5.74) is 5.78. The minimum Gasteiger partial charge on any atom is -0.341 e. The summed E-state index contributed by atoms with van der Waals surface area (Å²) in [6.07, 6.45) is -2.94. The maximum atomic E-state index is 12.3. The number of carbonyl (C=O) groups excluding carboxylic acids is 2. The molecule has 20 heavy (non-hydrogen) atoms. The SMILES string of the molecule is N[C@H]1CCCN(C(=O)[C@H]2CC(=O)N(CC(F)(F)F)C2)C1. The number of amides is 2. The summed E-state index contributed by atoms with van der Waals surface area (Å²) in [5.74, 6) is -1.53. The van der Waals surface area contributed by atoms with Gasteiger partial charge in [-0.05, 0) is 12.8 Å². The van der Waals surface area contributed by atoms with Crippen LogP contribution in [0.25, 0.3) is 0 Å². The molecule has 2 rings (SSSR count). The Hall–Kier alpha value is -1.31. The quantitative estimate of drug-likeness (QED) is 0.799. The Morgan fingerprint density at radius 2 is 2.05 bits per heavy atom. The number of alkyl halides is 3. The molecule has 2 fully saturated rings. The van der Waals surface area contributed by atoms with E-state index in [0.29, 0.717) is 18.0 Å². The van der Waals surface area contributed by atoms with Crippen LogP contribution in [0.15, 0.2) is 0 Å². The summed E-state index contributed by atoms with van der Waals surface area (Å²) in [6.45, 7) is -0.447. The number of carbonyl (C=O) groups is 2. The molecule has 0 spiro atoms. The number of hydrogen-bond acceptors (Lipinski definition) is 3. The van der Waals surface area contributed by atoms with E-state index in [2.05, 4.69) is 0 Å². The largest absolute Gasteiger partial charge is 0.406 e. The zero-order chi connectivity index (χ0) is 14.9. The summed E-state index contributed by atoms with van der Waals surface area (Å²) in [7, 11) is 0. The fourth-order valence-electron chi connectivity index (χ4n) is 2.78. The van der Waals surface area contributed by atoms with Gasteiger partial charge in [-0.1, -0.05) is 0 Å². The first kappa shape index (κ1) is 15.1. The van der Waals surface area contributed by atoms with Crippen molar-refractivity contribution in [2.24, 2.45) is 11.7 Å². The highest BCUT2D eigenvalue weighted by atomic mass is 19.4. The lowest BCUT2D eigenvalue weighted by Crippen LogP contribution is -2.48. The number of halogens is 3. The van der Waals surface area contributed by atoms with E-state index in [0.717, 1.165) is 12.8 Å². The molecule has 114 valence electrons. The molecular weight excluding hydrogens is 275 g/mol. The van der Waals surface area contributed by atoms with E-state index in [-0.39, 0.29) is 24.9 Å². The molecular formula is C12H18F3N3O2. The van der Waals surface area contributed by atoms with Crippen LogP contribution in [0, 0.1) is 5.92 Å². The Morgan fingerprint density at radius 3 is 2.65 bits per heavy atom. The number of likely N-dealkylation sites (tertiary alicyclic amines) is 2. The molecule has 8 heteroatoms. The third-order valence-corrected chi connectivity index (χ3v) is 3.70. The summed E-state index contributed by atoms with van der Waals surface area (Å²) < 4.78 is 36.9. The molecule has 2 saturated heterocycles. The standard InChI is InChI=1S/C12H18F3N3O2/c13-12(14,15)7-18-5-8(4-10(18)19)11(20)17-3-1-2-9(16)6-17/h8-9H,1-7,16H2/t8-,9-/m0/s1. The van der Waals surface area contributed by atoms with Crippen molar-refractivity contribution < 1.29 is 22.8 Å². The van der Waals surface area contributed by atoms with Gasteiger partial charge in [-0.25, -0.2) is 0 Å². The van der Waals surface area contributed by atoms with Crippen LogP contribution in [0.5, 0.6) is 0 Å². The van der Waals surface area contributed by atoms with Gasteiger partial charge in [0.15, 0.2) is 0 Å². The van der Waals surface area contributed by atoms with Crippen molar-refractivity contribution >= 4 is 11.8 Å². The van der Waals surface area contributed by atoms with Crippen molar-refractivity contribution in [3.63, 3.8) is 0 Å². The van der Waals surface area contributed by atoms with Gasteiger partial charge in [-0.3, -0.25) is 9.59 Å². The minimum absolute atomic E-state index is 0.0870. The van der Waals surface area contributed by atoms with Gasteiger partial charge < -0.3 is 15.5 Å². The molecule has 0 radical (unpaired) electrons. The summed E-state index contributed by atoms with van der Waals surface area (Å²) in [5, 5.41) is 0. The van der Waals surface area contributed by atoms with E-state index >= 15 is 0 Å². The molecule has 5 nitrogen and oxygen atoms in total. The van der Waals surface area contributed by atoms with E-state index in [1.54, 1.807) is 4.90 Å². The summed E-state index contributed by atoms with van der Waals surface area (Å²) >= 11 is 0. The van der Waals surface area contributed by atoms with E-state index in [9.17, 15) is 22.8 Å². The van der Waals surface area contributed by atoms with Crippen molar-refractivity contribution in [1.29, 1.82) is 0 Å². The van der Waals surface area contributed by atoms with E-state index in [1.165, 1.54) is 0 Å². The first-order valence-electron chi connectivity index (χ1n) is 6.65. The molecule has 2 aliphatic heterocycles. The first-order chi connectivity index (χ1) is 9.26. The average molecular weight is 293 g/mol. The molecule has 0 aromatic rings. The van der Waals surface area contributed by atoms with E-state index in [4.69, 9.17) is 5.73 Å². The monoisotopic (exact) mass is 293 g/mol. The van der Waals surface area contributed by atoms with Gasteiger partial charge in [-0.2, -0.15) is 13.2 Å².